The van der Waals surface area contributed by atoms with Gasteiger partial charge < -0.3 is 20.0 Å². The van der Waals surface area contributed by atoms with Crippen LogP contribution in [-0.2, 0) is 12.7 Å². The number of carbonyl (C=O) groups is 1. The topological polar surface area (TPSA) is 57.5 Å². The second-order valence-corrected chi connectivity index (χ2v) is 6.22. The van der Waals surface area contributed by atoms with E-state index in [1.54, 1.807) is 6.07 Å². The molecular formula is C18H20F3N3O2. The van der Waals surface area contributed by atoms with Gasteiger partial charge in [-0.3, -0.25) is 0 Å². The van der Waals surface area contributed by atoms with Gasteiger partial charge in [-0.2, -0.15) is 13.2 Å². The monoisotopic (exact) mass is 367 g/mol. The zero-order valence-electron chi connectivity index (χ0n) is 14.1. The molecule has 0 saturated carbocycles. The van der Waals surface area contributed by atoms with Crippen LogP contribution in [0.4, 0.5) is 29.3 Å². The van der Waals surface area contributed by atoms with Crippen LogP contribution in [0.15, 0.2) is 41.2 Å². The number of nitrogens with zero attached hydrogens (tertiary/aromatic N) is 1. The molecule has 1 aromatic heterocycles. The van der Waals surface area contributed by atoms with Crippen LogP contribution in [0.5, 0.6) is 0 Å². The van der Waals surface area contributed by atoms with Crippen molar-refractivity contribution in [3.63, 3.8) is 0 Å². The van der Waals surface area contributed by atoms with E-state index in [-0.39, 0.29) is 12.2 Å². The normalized spacial score (nSPS) is 15.0. The van der Waals surface area contributed by atoms with Crippen molar-refractivity contribution < 1.29 is 22.4 Å². The smallest absolute Gasteiger partial charge is 0.416 e. The van der Waals surface area contributed by atoms with Gasteiger partial charge in [-0.1, -0.05) is 0 Å². The molecule has 8 heteroatoms. The number of urea groups is 1. The predicted octanol–water partition coefficient (Wildman–Crippen LogP) is 4.61. The molecule has 5 nitrogen and oxygen atoms in total. The third-order valence-corrected chi connectivity index (χ3v) is 4.30. The lowest BCUT2D eigenvalue weighted by Gasteiger charge is -2.31. The fourth-order valence-corrected chi connectivity index (χ4v) is 2.97. The Morgan fingerprint density at radius 1 is 1.15 bits per heavy atom. The molecule has 1 fully saturated rings. The number of carbonyl (C=O) groups excluding carboxylic acids is 1. The molecule has 0 atom stereocenters. The quantitative estimate of drug-likeness (QED) is 0.830. The number of alkyl halides is 3. The van der Waals surface area contributed by atoms with E-state index in [2.05, 4.69) is 10.6 Å². The van der Waals surface area contributed by atoms with Crippen molar-refractivity contribution in [3.8, 4) is 0 Å². The van der Waals surface area contributed by atoms with E-state index in [0.717, 1.165) is 50.0 Å². The summed E-state index contributed by atoms with van der Waals surface area (Å²) >= 11 is 0. The van der Waals surface area contributed by atoms with Gasteiger partial charge >= 0.3 is 12.2 Å². The maximum atomic E-state index is 13.1. The number of furan rings is 1. The summed E-state index contributed by atoms with van der Waals surface area (Å²) in [6.07, 6.45) is 1.56. The Kier molecular flexibility index (Phi) is 5.39. The lowest BCUT2D eigenvalue weighted by molar-refractivity contribution is -0.137. The highest BCUT2D eigenvalue weighted by Gasteiger charge is 2.31. The van der Waals surface area contributed by atoms with Crippen LogP contribution in [0, 0.1) is 0 Å². The number of hydrogen-bond acceptors (Lipinski definition) is 3. The van der Waals surface area contributed by atoms with E-state index in [0.29, 0.717) is 5.69 Å². The number of amides is 2. The average Bonchev–Trinajstić information content (AvgIpc) is 3.13. The fourth-order valence-electron chi connectivity index (χ4n) is 2.97. The number of piperidine rings is 1. The highest BCUT2D eigenvalue weighted by Crippen LogP contribution is 2.36. The van der Waals surface area contributed by atoms with Crippen molar-refractivity contribution in [1.29, 1.82) is 0 Å². The first-order valence-electron chi connectivity index (χ1n) is 8.45. The maximum Gasteiger partial charge on any atom is 0.416 e. The summed E-state index contributed by atoms with van der Waals surface area (Å²) in [5.74, 6) is 0. The highest BCUT2D eigenvalue weighted by molar-refractivity contribution is 5.93. The second kappa shape index (κ2) is 7.72. The maximum absolute atomic E-state index is 13.1. The van der Waals surface area contributed by atoms with Crippen LogP contribution in [0.25, 0.3) is 0 Å². The summed E-state index contributed by atoms with van der Waals surface area (Å²) in [4.78, 5) is 14.2. The Bertz CT molecular complexity index is 739. The highest BCUT2D eigenvalue weighted by atomic mass is 19.4. The van der Waals surface area contributed by atoms with Crippen molar-refractivity contribution in [3.05, 3.63) is 47.9 Å². The summed E-state index contributed by atoms with van der Waals surface area (Å²) < 4.78 is 44.1. The Labute approximate surface area is 149 Å². The van der Waals surface area contributed by atoms with Gasteiger partial charge in [0.25, 0.3) is 0 Å². The molecule has 0 bridgehead atoms. The third-order valence-electron chi connectivity index (χ3n) is 4.30. The van der Waals surface area contributed by atoms with Crippen molar-refractivity contribution >= 4 is 17.4 Å². The molecule has 3 rings (SSSR count). The number of benzene rings is 1. The van der Waals surface area contributed by atoms with E-state index in [4.69, 9.17) is 4.42 Å². The SMILES string of the molecule is O=C(NCc1ccoc1)Nc1cc(C(F)(F)F)ccc1N1CCCCC1. The molecule has 1 aromatic carbocycles. The molecule has 1 aliphatic heterocycles. The predicted molar refractivity (Wildman–Crippen MR) is 92.1 cm³/mol. The van der Waals surface area contributed by atoms with Crippen molar-refractivity contribution in [2.24, 2.45) is 0 Å². The summed E-state index contributed by atoms with van der Waals surface area (Å²) in [6.45, 7) is 1.74. The fraction of sp³-hybridized carbons (Fsp3) is 0.389. The molecule has 0 spiro atoms. The first-order valence-corrected chi connectivity index (χ1v) is 8.45. The second-order valence-electron chi connectivity index (χ2n) is 6.22. The molecule has 0 aliphatic carbocycles. The molecule has 0 radical (unpaired) electrons. The van der Waals surface area contributed by atoms with Crippen LogP contribution in [0.3, 0.4) is 0 Å². The Morgan fingerprint density at radius 2 is 1.92 bits per heavy atom. The van der Waals surface area contributed by atoms with E-state index >= 15 is 0 Å². The van der Waals surface area contributed by atoms with Crippen LogP contribution in [0.1, 0.15) is 30.4 Å². The van der Waals surface area contributed by atoms with Gasteiger partial charge in [0, 0.05) is 25.2 Å². The van der Waals surface area contributed by atoms with Crippen molar-refractivity contribution in [2.45, 2.75) is 32.0 Å². The molecule has 0 unspecified atom stereocenters. The molecule has 2 aromatic rings. The van der Waals surface area contributed by atoms with Crippen LogP contribution < -0.4 is 15.5 Å². The molecule has 140 valence electrons. The molecule has 1 aliphatic rings. The van der Waals surface area contributed by atoms with Gasteiger partial charge in [-0.05, 0) is 43.5 Å². The average molecular weight is 367 g/mol. The lowest BCUT2D eigenvalue weighted by Crippen LogP contribution is -2.32. The van der Waals surface area contributed by atoms with Crippen LogP contribution in [0.2, 0.25) is 0 Å². The van der Waals surface area contributed by atoms with E-state index in [1.165, 1.54) is 18.6 Å². The first kappa shape index (κ1) is 18.2. The minimum Gasteiger partial charge on any atom is -0.472 e. The van der Waals surface area contributed by atoms with E-state index in [1.807, 2.05) is 4.90 Å². The minimum atomic E-state index is -4.47. The number of anilines is 2. The largest absolute Gasteiger partial charge is 0.472 e. The Morgan fingerprint density at radius 3 is 2.58 bits per heavy atom. The molecule has 26 heavy (non-hydrogen) atoms. The first-order chi connectivity index (χ1) is 12.4. The standard InChI is InChI=1S/C18H20F3N3O2/c19-18(20,21)14-4-5-16(24-7-2-1-3-8-24)15(10-14)23-17(25)22-11-13-6-9-26-12-13/h4-6,9-10,12H,1-3,7-8,11H2,(H2,22,23,25). The summed E-state index contributed by atoms with van der Waals surface area (Å²) in [5, 5.41) is 5.17. The minimum absolute atomic E-state index is 0.159. The van der Waals surface area contributed by atoms with Gasteiger partial charge in [0.2, 0.25) is 0 Å². The van der Waals surface area contributed by atoms with E-state index in [9.17, 15) is 18.0 Å². The number of rotatable bonds is 4. The van der Waals surface area contributed by atoms with Gasteiger partial charge in [0.1, 0.15) is 0 Å². The van der Waals surface area contributed by atoms with Crippen molar-refractivity contribution in [2.75, 3.05) is 23.3 Å². The molecule has 2 amide bonds. The molecule has 2 heterocycles. The summed E-state index contributed by atoms with van der Waals surface area (Å²) in [5.41, 5.74) is 0.742. The number of hydrogen-bond donors (Lipinski definition) is 2. The van der Waals surface area contributed by atoms with Crippen LogP contribution in [-0.4, -0.2) is 19.1 Å². The van der Waals surface area contributed by atoms with Gasteiger partial charge in [-0.15, -0.1) is 0 Å². The molecular weight excluding hydrogens is 347 g/mol. The van der Waals surface area contributed by atoms with Gasteiger partial charge in [0.05, 0.1) is 29.5 Å². The van der Waals surface area contributed by atoms with Crippen LogP contribution >= 0.6 is 0 Å². The molecule has 2 N–H and O–H groups in total. The van der Waals surface area contributed by atoms with Crippen molar-refractivity contribution in [1.82, 2.24) is 5.32 Å². The number of nitrogens with one attached hydrogen (secondary N) is 2. The third kappa shape index (κ3) is 4.50. The number of halogens is 3. The summed E-state index contributed by atoms with van der Waals surface area (Å²) in [6, 6.07) is 4.60. The summed E-state index contributed by atoms with van der Waals surface area (Å²) in [7, 11) is 0. The lowest BCUT2D eigenvalue weighted by atomic mass is 10.1. The zero-order chi connectivity index (χ0) is 18.6. The Hall–Kier alpha value is -2.64. The van der Waals surface area contributed by atoms with E-state index < -0.39 is 17.8 Å². The zero-order valence-corrected chi connectivity index (χ0v) is 14.1. The van der Waals surface area contributed by atoms with Gasteiger partial charge in [-0.25, -0.2) is 4.79 Å². The molecule has 1 saturated heterocycles. The Balaban J connectivity index is 1.78. The van der Waals surface area contributed by atoms with Gasteiger partial charge in [0.15, 0.2) is 0 Å².